The molecule has 0 aliphatic carbocycles. The molecule has 0 saturated carbocycles. The number of aliphatic carboxylic acids is 1. The normalized spacial score (nSPS) is 19.2. The van der Waals surface area contributed by atoms with E-state index in [0.717, 1.165) is 4.47 Å². The molecular formula is C10H8BrNO3. The molecule has 0 radical (unpaired) electrons. The van der Waals surface area contributed by atoms with Gasteiger partial charge in [0, 0.05) is 17.2 Å². The van der Waals surface area contributed by atoms with Gasteiger partial charge in [0.25, 0.3) is 0 Å². The lowest BCUT2D eigenvalue weighted by molar-refractivity contribution is -0.141. The molecule has 2 rings (SSSR count). The van der Waals surface area contributed by atoms with Gasteiger partial charge in [-0.1, -0.05) is 22.0 Å². The summed E-state index contributed by atoms with van der Waals surface area (Å²) in [6, 6.07) is 5.15. The molecule has 0 aromatic heterocycles. The topological polar surface area (TPSA) is 57.6 Å². The maximum absolute atomic E-state index is 11.6. The number of anilines is 1. The lowest BCUT2D eigenvalue weighted by Gasteiger charge is -2.09. The van der Waals surface area contributed by atoms with E-state index in [1.807, 2.05) is 0 Å². The van der Waals surface area contributed by atoms with Crippen molar-refractivity contribution >= 4 is 33.5 Å². The average molecular weight is 270 g/mol. The molecule has 0 bridgehead atoms. The Morgan fingerprint density at radius 2 is 2.20 bits per heavy atom. The fraction of sp³-hybridized carbons (Fsp3) is 0.200. The molecule has 0 spiro atoms. The van der Waals surface area contributed by atoms with Gasteiger partial charge in [-0.3, -0.25) is 9.59 Å². The molecule has 1 N–H and O–H groups in total. The summed E-state index contributed by atoms with van der Waals surface area (Å²) in [5.74, 6) is -2.55. The van der Waals surface area contributed by atoms with Crippen LogP contribution < -0.4 is 4.90 Å². The molecule has 1 aromatic rings. The fourth-order valence-corrected chi connectivity index (χ4v) is 2.08. The number of likely N-dealkylation sites (N-methyl/N-ethyl adjacent to an activating group) is 1. The molecule has 1 aromatic carbocycles. The zero-order valence-electron chi connectivity index (χ0n) is 7.90. The number of carboxylic acid groups (broad SMARTS) is 1. The Balaban J connectivity index is 2.60. The molecular weight excluding hydrogens is 262 g/mol. The molecule has 15 heavy (non-hydrogen) atoms. The molecule has 1 heterocycles. The van der Waals surface area contributed by atoms with Crippen LogP contribution in [0.5, 0.6) is 0 Å². The lowest BCUT2D eigenvalue weighted by atomic mass is 10.0. The summed E-state index contributed by atoms with van der Waals surface area (Å²) in [6.45, 7) is 0. The van der Waals surface area contributed by atoms with Crippen LogP contribution >= 0.6 is 15.9 Å². The van der Waals surface area contributed by atoms with E-state index in [1.165, 1.54) is 4.90 Å². The summed E-state index contributed by atoms with van der Waals surface area (Å²) in [6.07, 6.45) is 0. The number of amides is 1. The lowest BCUT2D eigenvalue weighted by Crippen LogP contribution is -2.27. The highest BCUT2D eigenvalue weighted by molar-refractivity contribution is 9.10. The van der Waals surface area contributed by atoms with E-state index < -0.39 is 17.8 Å². The standard InChI is InChI=1S/C10H8BrNO3/c1-12-7-4-5(11)2-3-6(7)8(9(12)13)10(14)15/h2-4,8H,1H3,(H,14,15). The fourth-order valence-electron chi connectivity index (χ4n) is 1.74. The summed E-state index contributed by atoms with van der Waals surface area (Å²) < 4.78 is 0.826. The smallest absolute Gasteiger partial charge is 0.320 e. The Kier molecular flexibility index (Phi) is 2.26. The van der Waals surface area contributed by atoms with E-state index in [1.54, 1.807) is 25.2 Å². The average Bonchev–Trinajstić information content (AvgIpc) is 2.41. The van der Waals surface area contributed by atoms with Crippen LogP contribution in [0, 0.1) is 0 Å². The van der Waals surface area contributed by atoms with Crippen LogP contribution in [0.4, 0.5) is 5.69 Å². The van der Waals surface area contributed by atoms with Gasteiger partial charge in [0.15, 0.2) is 5.92 Å². The van der Waals surface area contributed by atoms with Gasteiger partial charge in [-0.2, -0.15) is 0 Å². The van der Waals surface area contributed by atoms with Crippen molar-refractivity contribution in [3.8, 4) is 0 Å². The molecule has 1 atom stereocenters. The van der Waals surface area contributed by atoms with Crippen LogP contribution in [0.15, 0.2) is 22.7 Å². The zero-order chi connectivity index (χ0) is 11.2. The molecule has 1 amide bonds. The quantitative estimate of drug-likeness (QED) is 0.788. The molecule has 0 fully saturated rings. The van der Waals surface area contributed by atoms with Gasteiger partial charge in [-0.05, 0) is 17.7 Å². The summed E-state index contributed by atoms with van der Waals surface area (Å²) >= 11 is 3.28. The van der Waals surface area contributed by atoms with E-state index in [-0.39, 0.29) is 0 Å². The number of fused-ring (bicyclic) bond motifs is 1. The Bertz CT molecular complexity index is 458. The van der Waals surface area contributed by atoms with Gasteiger partial charge in [0.1, 0.15) is 0 Å². The van der Waals surface area contributed by atoms with Gasteiger partial charge in [0.05, 0.1) is 0 Å². The predicted octanol–water partition coefficient (Wildman–Crippen LogP) is 1.59. The van der Waals surface area contributed by atoms with Crippen LogP contribution in [-0.2, 0) is 9.59 Å². The monoisotopic (exact) mass is 269 g/mol. The first kappa shape index (κ1) is 10.2. The first-order valence-electron chi connectivity index (χ1n) is 4.32. The minimum Gasteiger partial charge on any atom is -0.480 e. The highest BCUT2D eigenvalue weighted by Crippen LogP contribution is 2.38. The van der Waals surface area contributed by atoms with Crippen molar-refractivity contribution in [2.75, 3.05) is 11.9 Å². The van der Waals surface area contributed by atoms with E-state index in [4.69, 9.17) is 5.11 Å². The van der Waals surface area contributed by atoms with E-state index in [9.17, 15) is 9.59 Å². The summed E-state index contributed by atoms with van der Waals surface area (Å²) in [4.78, 5) is 24.0. The molecule has 1 aliphatic rings. The molecule has 0 saturated heterocycles. The van der Waals surface area contributed by atoms with Gasteiger partial charge >= 0.3 is 5.97 Å². The molecule has 1 unspecified atom stereocenters. The maximum atomic E-state index is 11.6. The number of benzene rings is 1. The molecule has 5 heteroatoms. The van der Waals surface area contributed by atoms with Crippen molar-refractivity contribution in [1.29, 1.82) is 0 Å². The van der Waals surface area contributed by atoms with Crippen LogP contribution in [-0.4, -0.2) is 24.0 Å². The Morgan fingerprint density at radius 1 is 1.53 bits per heavy atom. The number of halogens is 1. The second kappa shape index (κ2) is 3.34. The maximum Gasteiger partial charge on any atom is 0.320 e. The predicted molar refractivity (Wildman–Crippen MR) is 57.9 cm³/mol. The number of rotatable bonds is 1. The highest BCUT2D eigenvalue weighted by Gasteiger charge is 2.40. The number of carboxylic acids is 1. The summed E-state index contributed by atoms with van der Waals surface area (Å²) in [5, 5.41) is 8.96. The zero-order valence-corrected chi connectivity index (χ0v) is 9.48. The van der Waals surface area contributed by atoms with Gasteiger partial charge in [-0.15, -0.1) is 0 Å². The number of carbonyl (C=O) groups is 2. The Morgan fingerprint density at radius 3 is 2.80 bits per heavy atom. The molecule has 78 valence electrons. The number of hydrogen-bond acceptors (Lipinski definition) is 2. The third-order valence-corrected chi connectivity index (χ3v) is 2.98. The number of nitrogens with zero attached hydrogens (tertiary/aromatic N) is 1. The minimum absolute atomic E-state index is 0.393. The van der Waals surface area contributed by atoms with Crippen molar-refractivity contribution in [2.45, 2.75) is 5.92 Å². The van der Waals surface area contributed by atoms with E-state index in [0.29, 0.717) is 11.3 Å². The first-order chi connectivity index (χ1) is 7.02. The van der Waals surface area contributed by atoms with Crippen LogP contribution in [0.3, 0.4) is 0 Å². The van der Waals surface area contributed by atoms with Crippen molar-refractivity contribution in [1.82, 2.24) is 0 Å². The van der Waals surface area contributed by atoms with Gasteiger partial charge in [0.2, 0.25) is 5.91 Å². The van der Waals surface area contributed by atoms with Crippen LogP contribution in [0.1, 0.15) is 11.5 Å². The molecule has 1 aliphatic heterocycles. The Labute approximate surface area is 94.6 Å². The summed E-state index contributed by atoms with van der Waals surface area (Å²) in [5.41, 5.74) is 1.21. The van der Waals surface area contributed by atoms with Crippen LogP contribution in [0.25, 0.3) is 0 Å². The first-order valence-corrected chi connectivity index (χ1v) is 5.11. The second-order valence-electron chi connectivity index (χ2n) is 3.37. The molecule has 4 nitrogen and oxygen atoms in total. The number of hydrogen-bond donors (Lipinski definition) is 1. The SMILES string of the molecule is CN1C(=O)C(C(=O)O)c2ccc(Br)cc21. The Hall–Kier alpha value is -1.36. The van der Waals surface area contributed by atoms with Gasteiger partial charge < -0.3 is 10.0 Å². The minimum atomic E-state index is -1.10. The second-order valence-corrected chi connectivity index (χ2v) is 4.29. The third-order valence-electron chi connectivity index (χ3n) is 2.49. The van der Waals surface area contributed by atoms with Gasteiger partial charge in [-0.25, -0.2) is 0 Å². The van der Waals surface area contributed by atoms with Crippen molar-refractivity contribution in [3.05, 3.63) is 28.2 Å². The van der Waals surface area contributed by atoms with Crippen molar-refractivity contribution < 1.29 is 14.7 Å². The number of carbonyl (C=O) groups excluding carboxylic acids is 1. The largest absolute Gasteiger partial charge is 0.480 e. The van der Waals surface area contributed by atoms with Crippen molar-refractivity contribution in [2.24, 2.45) is 0 Å². The van der Waals surface area contributed by atoms with E-state index in [2.05, 4.69) is 15.9 Å². The third kappa shape index (κ3) is 1.43. The van der Waals surface area contributed by atoms with Crippen molar-refractivity contribution in [3.63, 3.8) is 0 Å². The van der Waals surface area contributed by atoms with Crippen LogP contribution in [0.2, 0.25) is 0 Å². The highest BCUT2D eigenvalue weighted by atomic mass is 79.9. The summed E-state index contributed by atoms with van der Waals surface area (Å²) in [7, 11) is 1.58. The van der Waals surface area contributed by atoms with E-state index >= 15 is 0 Å².